The number of nitrogens with one attached hydrogen (secondary N) is 2. The summed E-state index contributed by atoms with van der Waals surface area (Å²) in [7, 11) is 1.82. The Hall–Kier alpha value is -4.87. The molecule has 43 heavy (non-hydrogen) atoms. The van der Waals surface area contributed by atoms with Gasteiger partial charge in [-0.2, -0.15) is 10.1 Å². The van der Waals surface area contributed by atoms with Crippen LogP contribution in [0.1, 0.15) is 63.0 Å². The van der Waals surface area contributed by atoms with Crippen LogP contribution >= 0.6 is 0 Å². The summed E-state index contributed by atoms with van der Waals surface area (Å²) in [4.78, 5) is 36.8. The van der Waals surface area contributed by atoms with Crippen LogP contribution in [-0.4, -0.2) is 51.5 Å². The molecule has 0 radical (unpaired) electrons. The van der Waals surface area contributed by atoms with Gasteiger partial charge >= 0.3 is 6.09 Å². The maximum absolute atomic E-state index is 13.6. The Morgan fingerprint density at radius 1 is 1.19 bits per heavy atom. The Labute approximate surface area is 250 Å². The lowest BCUT2D eigenvalue weighted by molar-refractivity contribution is 0.0550. The summed E-state index contributed by atoms with van der Waals surface area (Å²) >= 11 is 0. The number of pyridine rings is 1. The Morgan fingerprint density at radius 3 is 2.79 bits per heavy atom. The van der Waals surface area contributed by atoms with E-state index in [9.17, 15) is 9.59 Å². The normalized spacial score (nSPS) is 16.7. The quantitative estimate of drug-likeness (QED) is 0.379. The van der Waals surface area contributed by atoms with Crippen LogP contribution in [0, 0.1) is 6.92 Å². The van der Waals surface area contributed by atoms with Crippen molar-refractivity contribution in [2.75, 3.05) is 23.4 Å². The molecule has 2 N–H and O–H groups in total. The number of aliphatic imine (C=N–C) groups is 1. The van der Waals surface area contributed by atoms with Gasteiger partial charge in [0.1, 0.15) is 17.0 Å². The number of hydrogen-bond acceptors (Lipinski definition) is 9. The number of guanidine groups is 1. The highest BCUT2D eigenvalue weighted by molar-refractivity contribution is 6.20. The molecule has 0 spiro atoms. The highest BCUT2D eigenvalue weighted by Crippen LogP contribution is 2.42. The summed E-state index contributed by atoms with van der Waals surface area (Å²) in [5.41, 5.74) is 3.30. The molecule has 3 aromatic rings. The molecule has 1 aromatic carbocycles. The largest absolute Gasteiger partial charge is 0.477 e. The third-order valence-corrected chi connectivity index (χ3v) is 6.67. The number of allylic oxidation sites excluding steroid dienone is 1. The zero-order valence-electron chi connectivity index (χ0n) is 25.4. The first kappa shape index (κ1) is 29.6. The van der Waals surface area contributed by atoms with Crippen LogP contribution in [0.5, 0.6) is 11.6 Å². The number of alkyl carbamates (subject to hydrolysis) is 1. The first-order valence-corrected chi connectivity index (χ1v) is 14.3. The minimum atomic E-state index is -0.617. The fourth-order valence-electron chi connectivity index (χ4n) is 4.84. The highest BCUT2D eigenvalue weighted by atomic mass is 16.6. The van der Waals surface area contributed by atoms with Gasteiger partial charge < -0.3 is 24.4 Å². The van der Waals surface area contributed by atoms with Crippen molar-refractivity contribution in [3.05, 3.63) is 59.7 Å². The van der Waals surface area contributed by atoms with E-state index in [1.807, 2.05) is 37.1 Å². The van der Waals surface area contributed by atoms with Crippen LogP contribution in [0.3, 0.4) is 0 Å². The molecule has 0 unspecified atom stereocenters. The van der Waals surface area contributed by atoms with Crippen molar-refractivity contribution in [3.63, 3.8) is 0 Å². The third kappa shape index (κ3) is 6.96. The van der Waals surface area contributed by atoms with E-state index in [1.54, 1.807) is 50.7 Å². The number of anilines is 2. The van der Waals surface area contributed by atoms with Crippen LogP contribution < -0.4 is 25.0 Å². The van der Waals surface area contributed by atoms with Gasteiger partial charge in [0.25, 0.3) is 5.91 Å². The predicted molar refractivity (Wildman–Crippen MR) is 163 cm³/mol. The average Bonchev–Trinajstić information content (AvgIpc) is 3.47. The van der Waals surface area contributed by atoms with Crippen molar-refractivity contribution in [2.24, 2.45) is 12.0 Å². The second-order valence-corrected chi connectivity index (χ2v) is 11.5. The SMILES string of the molecule is C/C(=C/NC(=O)OC(C)(C)C)Oc1cccc2c1N1CCCCCOc3c(cnn3C)-c3cc(cc(C)n3)C(=O)/N=C/1N2. The predicted octanol–water partition coefficient (Wildman–Crippen LogP) is 5.55. The minimum absolute atomic E-state index is 0.404. The third-order valence-electron chi connectivity index (χ3n) is 6.67. The molecule has 2 aliphatic heterocycles. The van der Waals surface area contributed by atoms with Crippen LogP contribution in [-0.2, 0) is 11.8 Å². The van der Waals surface area contributed by atoms with Crippen molar-refractivity contribution in [1.82, 2.24) is 20.1 Å². The number of aryl methyl sites for hydroxylation is 2. The van der Waals surface area contributed by atoms with Crippen molar-refractivity contribution < 1.29 is 23.8 Å². The van der Waals surface area contributed by atoms with Crippen molar-refractivity contribution >= 4 is 29.3 Å². The molecule has 2 amide bonds. The zero-order valence-corrected chi connectivity index (χ0v) is 25.4. The van der Waals surface area contributed by atoms with E-state index in [4.69, 9.17) is 14.2 Å². The Balaban J connectivity index is 1.46. The smallest absolute Gasteiger partial charge is 0.411 e. The van der Waals surface area contributed by atoms with Gasteiger partial charge in [-0.05, 0) is 78.1 Å². The van der Waals surface area contributed by atoms with Gasteiger partial charge in [-0.1, -0.05) is 6.07 Å². The molecule has 2 aliphatic rings. The van der Waals surface area contributed by atoms with Gasteiger partial charge in [-0.25, -0.2) is 9.48 Å². The summed E-state index contributed by atoms with van der Waals surface area (Å²) < 4.78 is 19.3. The molecule has 2 bridgehead atoms. The van der Waals surface area contributed by atoms with Gasteiger partial charge in [0, 0.05) is 31.0 Å². The average molecular weight is 588 g/mol. The van der Waals surface area contributed by atoms with Crippen LogP contribution in [0.15, 0.2) is 53.5 Å². The molecule has 12 nitrogen and oxygen atoms in total. The van der Waals surface area contributed by atoms with Gasteiger partial charge in [0.05, 0.1) is 29.7 Å². The number of carbonyl (C=O) groups is 2. The van der Waals surface area contributed by atoms with Gasteiger partial charge in [0.2, 0.25) is 11.8 Å². The number of rotatable bonds is 3. The molecule has 226 valence electrons. The molecule has 5 rings (SSSR count). The molecule has 0 atom stereocenters. The number of hydrogen-bond donors (Lipinski definition) is 2. The standard InChI is InChI=1S/C31H37N7O5/c1-19-15-21-16-24(34-19)22-18-33-37(6)28(22)41-14-9-7-8-13-38-26-23(35-29(38)36-27(21)39)11-10-12-25(26)42-20(2)17-32-30(40)43-31(3,4)5/h10-12,15-18H,7-9,13-14H2,1-6H3,(H,32,40)(H,35,36,39)/b20-17-. The van der Waals surface area contributed by atoms with Gasteiger partial charge in [-0.3, -0.25) is 15.1 Å². The number of amides is 2. The maximum atomic E-state index is 13.6. The van der Waals surface area contributed by atoms with Crippen molar-refractivity contribution in [2.45, 2.75) is 59.5 Å². The number of ether oxygens (including phenoxy) is 3. The number of fused-ring (bicyclic) bond motifs is 7. The first-order valence-electron chi connectivity index (χ1n) is 14.3. The molecule has 0 saturated carbocycles. The number of para-hydroxylation sites is 1. The van der Waals surface area contributed by atoms with E-state index in [-0.39, 0.29) is 0 Å². The van der Waals surface area contributed by atoms with Crippen LogP contribution in [0.25, 0.3) is 11.3 Å². The molecule has 2 aromatic heterocycles. The van der Waals surface area contributed by atoms with Crippen LogP contribution in [0.2, 0.25) is 0 Å². The fraction of sp³-hybridized carbons (Fsp3) is 0.387. The summed E-state index contributed by atoms with van der Waals surface area (Å²) in [6, 6.07) is 9.04. The highest BCUT2D eigenvalue weighted by Gasteiger charge is 2.30. The minimum Gasteiger partial charge on any atom is -0.477 e. The summed E-state index contributed by atoms with van der Waals surface area (Å²) in [5, 5.41) is 10.3. The Morgan fingerprint density at radius 2 is 2.00 bits per heavy atom. The van der Waals surface area contributed by atoms with Gasteiger partial charge in [-0.15, -0.1) is 0 Å². The van der Waals surface area contributed by atoms with E-state index >= 15 is 0 Å². The number of aromatic nitrogens is 3. The molecule has 12 heteroatoms. The van der Waals surface area contributed by atoms with Crippen LogP contribution in [0.4, 0.5) is 16.2 Å². The second-order valence-electron chi connectivity index (χ2n) is 11.5. The molecule has 0 fully saturated rings. The fourth-order valence-corrected chi connectivity index (χ4v) is 4.84. The summed E-state index contributed by atoms with van der Waals surface area (Å²) in [6.07, 6.45) is 5.10. The summed E-state index contributed by atoms with van der Waals surface area (Å²) in [6.45, 7) is 10.1. The van der Waals surface area contributed by atoms with E-state index in [2.05, 4.69) is 25.7 Å². The topological polar surface area (TPSA) is 132 Å². The van der Waals surface area contributed by atoms with E-state index in [0.29, 0.717) is 53.5 Å². The van der Waals surface area contributed by atoms with E-state index < -0.39 is 17.6 Å². The zero-order chi connectivity index (χ0) is 30.7. The van der Waals surface area contributed by atoms with Gasteiger partial charge in [0.15, 0.2) is 5.75 Å². The van der Waals surface area contributed by atoms with E-state index in [1.165, 1.54) is 6.20 Å². The van der Waals surface area contributed by atoms with E-state index in [0.717, 1.165) is 36.2 Å². The lowest BCUT2D eigenvalue weighted by atomic mass is 10.1. The lowest BCUT2D eigenvalue weighted by Gasteiger charge is -2.21. The van der Waals surface area contributed by atoms with Crippen molar-refractivity contribution in [1.29, 1.82) is 0 Å². The molecule has 0 saturated heterocycles. The number of benzene rings is 1. The number of carbonyl (C=O) groups excluding carboxylic acids is 2. The first-order chi connectivity index (χ1) is 20.5. The second kappa shape index (κ2) is 12.2. The summed E-state index contributed by atoms with van der Waals surface area (Å²) in [5.74, 6) is 1.61. The monoisotopic (exact) mass is 587 g/mol. The van der Waals surface area contributed by atoms with Crippen molar-refractivity contribution in [3.8, 4) is 22.9 Å². The molecule has 0 aliphatic carbocycles. The number of nitrogens with zero attached hydrogens (tertiary/aromatic N) is 5. The molecule has 4 heterocycles. The lowest BCUT2D eigenvalue weighted by Crippen LogP contribution is -2.32. The maximum Gasteiger partial charge on any atom is 0.411 e. The Kier molecular flexibility index (Phi) is 8.38. The molecular formula is C31H37N7O5. The molecular weight excluding hydrogens is 550 g/mol. The Bertz CT molecular complexity index is 1600.